The molecule has 0 fully saturated rings. The molecule has 2 rings (SSSR count). The van der Waals surface area contributed by atoms with Crippen molar-refractivity contribution in [2.75, 3.05) is 0 Å². The summed E-state index contributed by atoms with van der Waals surface area (Å²) in [7, 11) is -4.35. The average molecular weight is 512 g/mol. The molecule has 196 valence electrons. The molecule has 0 bridgehead atoms. The maximum absolute atomic E-state index is 13.1. The Bertz CT molecular complexity index is 1170. The van der Waals surface area contributed by atoms with Gasteiger partial charge in [-0.1, -0.05) is 85.7 Å². The fourth-order valence-electron chi connectivity index (χ4n) is 4.64. The number of carbonyl (C=O) groups excluding carboxylic acids is 1. The summed E-state index contributed by atoms with van der Waals surface area (Å²) in [5.41, 5.74) is 11.4. The van der Waals surface area contributed by atoms with Crippen LogP contribution in [0, 0.1) is 5.41 Å². The molecule has 2 unspecified atom stereocenters. The molecule has 0 aliphatic heterocycles. The molecule has 0 saturated carbocycles. The van der Waals surface area contributed by atoms with Crippen molar-refractivity contribution in [3.63, 3.8) is 0 Å². The van der Waals surface area contributed by atoms with Crippen LogP contribution in [0.15, 0.2) is 89.1 Å². The fourth-order valence-corrected chi connectivity index (χ4v) is 5.08. The molecule has 6 heteroatoms. The lowest BCUT2D eigenvalue weighted by atomic mass is 9.72. The van der Waals surface area contributed by atoms with Gasteiger partial charge in [0.15, 0.2) is 5.78 Å². The Labute approximate surface area is 217 Å². The summed E-state index contributed by atoms with van der Waals surface area (Å²) in [4.78, 5) is 13.1. The normalized spacial score (nSPS) is 19.2. The summed E-state index contributed by atoms with van der Waals surface area (Å²) in [6.45, 7) is 10.7. The third kappa shape index (κ3) is 9.16. The zero-order valence-corrected chi connectivity index (χ0v) is 23.0. The van der Waals surface area contributed by atoms with Crippen LogP contribution in [0.1, 0.15) is 78.2 Å². The summed E-state index contributed by atoms with van der Waals surface area (Å²) in [5.74, 6) is -0.675. The molecule has 1 aromatic carbocycles. The Morgan fingerprint density at radius 2 is 1.78 bits per heavy atom. The van der Waals surface area contributed by atoms with E-state index in [9.17, 15) is 17.8 Å². The third-order valence-corrected chi connectivity index (χ3v) is 7.81. The predicted molar refractivity (Wildman–Crippen MR) is 149 cm³/mol. The first-order valence-electron chi connectivity index (χ1n) is 12.5. The van der Waals surface area contributed by atoms with Crippen LogP contribution in [-0.2, 0) is 14.9 Å². The lowest BCUT2D eigenvalue weighted by Gasteiger charge is -2.32. The molecule has 2 atom stereocenters. The topological polar surface area (TPSA) is 97.5 Å². The highest BCUT2D eigenvalue weighted by molar-refractivity contribution is 7.86. The Kier molecular flexibility index (Phi) is 10.8. The van der Waals surface area contributed by atoms with E-state index in [1.807, 2.05) is 55.5 Å². The maximum Gasteiger partial charge on any atom is 0.280 e. The van der Waals surface area contributed by atoms with E-state index >= 15 is 0 Å². The molecule has 0 amide bonds. The quantitative estimate of drug-likeness (QED) is 0.193. The molecule has 0 heterocycles. The van der Waals surface area contributed by atoms with Crippen molar-refractivity contribution in [2.45, 2.75) is 78.0 Å². The van der Waals surface area contributed by atoms with Gasteiger partial charge in [-0.05, 0) is 81.1 Å². The van der Waals surface area contributed by atoms with Gasteiger partial charge in [-0.25, -0.2) is 0 Å². The van der Waals surface area contributed by atoms with Crippen LogP contribution >= 0.6 is 0 Å². The molecule has 1 aliphatic rings. The summed E-state index contributed by atoms with van der Waals surface area (Å²) >= 11 is 0. The first kappa shape index (κ1) is 29.7. The van der Waals surface area contributed by atoms with E-state index in [4.69, 9.17) is 5.73 Å². The van der Waals surface area contributed by atoms with E-state index in [1.165, 1.54) is 24.0 Å². The van der Waals surface area contributed by atoms with Crippen molar-refractivity contribution in [1.82, 2.24) is 0 Å². The number of hydrogen-bond acceptors (Lipinski definition) is 4. The lowest BCUT2D eigenvalue weighted by Crippen LogP contribution is -2.30. The number of ketones is 1. The molecule has 0 aromatic heterocycles. The number of carbonyl (C=O) groups is 1. The molecule has 0 radical (unpaired) electrons. The van der Waals surface area contributed by atoms with Crippen LogP contribution in [0.5, 0.6) is 0 Å². The second-order valence-corrected chi connectivity index (χ2v) is 12.1. The van der Waals surface area contributed by atoms with Gasteiger partial charge in [-0.2, -0.15) is 8.42 Å². The van der Waals surface area contributed by atoms with Crippen molar-refractivity contribution < 1.29 is 17.8 Å². The molecular formula is C30H41NO4S. The molecule has 0 saturated heterocycles. The van der Waals surface area contributed by atoms with Crippen LogP contribution in [0.4, 0.5) is 0 Å². The minimum atomic E-state index is -4.35. The minimum Gasteiger partial charge on any atom is -0.313 e. The highest BCUT2D eigenvalue weighted by Gasteiger charge is 2.26. The SMILES string of the molecule is CC1=C(/C=C/C(C)=C/C=C/C(C)=C/C(=O)C(CCC(N)S(=O)(=O)O)c2ccccc2)C(C)(C)CCC1. The maximum atomic E-state index is 13.1. The van der Waals surface area contributed by atoms with Crippen LogP contribution in [-0.4, -0.2) is 24.1 Å². The van der Waals surface area contributed by atoms with Gasteiger partial charge in [0.05, 0.1) is 0 Å². The van der Waals surface area contributed by atoms with E-state index in [0.29, 0.717) is 0 Å². The van der Waals surface area contributed by atoms with E-state index in [-0.39, 0.29) is 24.0 Å². The van der Waals surface area contributed by atoms with Crippen molar-refractivity contribution in [3.05, 3.63) is 94.6 Å². The van der Waals surface area contributed by atoms with Crippen LogP contribution < -0.4 is 5.73 Å². The standard InChI is InChI=1S/C30H41NO4S/c1-22(16-18-27-24(3)13-10-20-30(27,4)5)11-9-12-23(2)21-28(32)26(25-14-7-6-8-15-25)17-19-29(31)36(33,34)35/h6-9,11-12,14-16,18,21,26,29H,10,13,17,19-20,31H2,1-5H3,(H,33,34,35)/b12-9+,18-16+,22-11+,23-21+. The summed E-state index contributed by atoms with van der Waals surface area (Å²) in [6.07, 6.45) is 15.6. The third-order valence-electron chi connectivity index (χ3n) is 6.81. The Morgan fingerprint density at radius 3 is 2.39 bits per heavy atom. The van der Waals surface area contributed by atoms with Crippen LogP contribution in [0.3, 0.4) is 0 Å². The molecule has 0 spiro atoms. The van der Waals surface area contributed by atoms with Gasteiger partial charge in [0.1, 0.15) is 5.37 Å². The predicted octanol–water partition coefficient (Wildman–Crippen LogP) is 6.82. The second kappa shape index (κ2) is 13.1. The van der Waals surface area contributed by atoms with Gasteiger partial charge in [0.25, 0.3) is 10.1 Å². The number of allylic oxidation sites excluding steroid dienone is 10. The largest absolute Gasteiger partial charge is 0.313 e. The zero-order valence-electron chi connectivity index (χ0n) is 22.2. The first-order chi connectivity index (χ1) is 16.8. The fraction of sp³-hybridized carbons (Fsp3) is 0.433. The van der Waals surface area contributed by atoms with Gasteiger partial charge < -0.3 is 5.73 Å². The van der Waals surface area contributed by atoms with E-state index in [1.54, 1.807) is 6.08 Å². The summed E-state index contributed by atoms with van der Waals surface area (Å²) in [5, 5.41) is -1.42. The molecule has 3 N–H and O–H groups in total. The molecule has 1 aromatic rings. The van der Waals surface area contributed by atoms with Crippen LogP contribution in [0.2, 0.25) is 0 Å². The van der Waals surface area contributed by atoms with Gasteiger partial charge >= 0.3 is 0 Å². The van der Waals surface area contributed by atoms with Gasteiger partial charge in [0.2, 0.25) is 0 Å². The van der Waals surface area contributed by atoms with Crippen LogP contribution in [0.25, 0.3) is 0 Å². The van der Waals surface area contributed by atoms with E-state index < -0.39 is 21.4 Å². The van der Waals surface area contributed by atoms with Crippen molar-refractivity contribution in [1.29, 1.82) is 0 Å². The zero-order chi connectivity index (χ0) is 26.9. The van der Waals surface area contributed by atoms with Crippen molar-refractivity contribution in [2.24, 2.45) is 11.1 Å². The number of benzene rings is 1. The minimum absolute atomic E-state index is 0.0200. The lowest BCUT2D eigenvalue weighted by molar-refractivity contribution is -0.116. The van der Waals surface area contributed by atoms with Gasteiger partial charge in [0, 0.05) is 5.92 Å². The summed E-state index contributed by atoms with van der Waals surface area (Å²) < 4.78 is 31.8. The van der Waals surface area contributed by atoms with E-state index in [2.05, 4.69) is 39.8 Å². The van der Waals surface area contributed by atoms with Gasteiger partial charge in [-0.3, -0.25) is 9.35 Å². The summed E-state index contributed by atoms with van der Waals surface area (Å²) in [6, 6.07) is 9.20. The average Bonchev–Trinajstić information content (AvgIpc) is 2.78. The number of hydrogen-bond donors (Lipinski definition) is 2. The number of nitrogens with two attached hydrogens (primary N) is 1. The molecule has 1 aliphatic carbocycles. The first-order valence-corrected chi connectivity index (χ1v) is 14.0. The van der Waals surface area contributed by atoms with E-state index in [0.717, 1.165) is 23.1 Å². The van der Waals surface area contributed by atoms with Gasteiger partial charge in [-0.15, -0.1) is 0 Å². The Morgan fingerprint density at radius 1 is 1.11 bits per heavy atom. The Hall–Kier alpha value is -2.54. The monoisotopic (exact) mass is 511 g/mol. The highest BCUT2D eigenvalue weighted by Crippen LogP contribution is 2.40. The number of rotatable bonds is 11. The molecule has 36 heavy (non-hydrogen) atoms. The smallest absolute Gasteiger partial charge is 0.280 e. The van der Waals surface area contributed by atoms with Crippen molar-refractivity contribution in [3.8, 4) is 0 Å². The van der Waals surface area contributed by atoms with Crippen molar-refractivity contribution >= 4 is 15.9 Å². The highest BCUT2D eigenvalue weighted by atomic mass is 32.2. The second-order valence-electron chi connectivity index (χ2n) is 10.4. The Balaban J connectivity index is 2.12. The molecular weight excluding hydrogens is 470 g/mol. The molecule has 5 nitrogen and oxygen atoms in total.